The molecule has 2 aliphatic carbocycles. The van der Waals surface area contributed by atoms with E-state index in [0.717, 1.165) is 72.4 Å². The summed E-state index contributed by atoms with van der Waals surface area (Å²) < 4.78 is 28.4. The molecule has 0 saturated heterocycles. The Morgan fingerprint density at radius 1 is 0.902 bits per heavy atom. The van der Waals surface area contributed by atoms with Gasteiger partial charge < -0.3 is 10.6 Å². The van der Waals surface area contributed by atoms with Crippen molar-refractivity contribution in [3.63, 3.8) is 0 Å². The first kappa shape index (κ1) is 31.4. The number of amides is 3. The zero-order valence-electron chi connectivity index (χ0n) is 24.1. The number of benzene rings is 1. The first-order valence-corrected chi connectivity index (χ1v) is 15.3. The molecule has 2 aliphatic rings. The molecule has 0 atom stereocenters. The predicted molar refractivity (Wildman–Crippen MR) is 154 cm³/mol. The van der Waals surface area contributed by atoms with Crippen molar-refractivity contribution in [3.8, 4) is 0 Å². The molecule has 220 valence electrons. The Labute approximate surface area is 240 Å². The summed E-state index contributed by atoms with van der Waals surface area (Å²) in [6.45, 7) is 9.27. The van der Waals surface area contributed by atoms with Crippen LogP contribution >= 0.6 is 0 Å². The van der Waals surface area contributed by atoms with Crippen LogP contribution in [0.4, 0.5) is 10.5 Å². The molecule has 0 fully saturated rings. The molecule has 3 N–H and O–H groups in total. The lowest BCUT2D eigenvalue weighted by atomic mass is 9.99. The maximum atomic E-state index is 12.8. The van der Waals surface area contributed by atoms with Gasteiger partial charge in [0.15, 0.2) is 0 Å². The number of nitrogens with zero attached hydrogens (tertiary/aromatic N) is 4. The van der Waals surface area contributed by atoms with E-state index in [2.05, 4.69) is 31.8 Å². The average Bonchev–Trinajstić information content (AvgIpc) is 3.75. The van der Waals surface area contributed by atoms with E-state index in [4.69, 9.17) is 0 Å². The third-order valence-corrected chi connectivity index (χ3v) is 7.76. The third-order valence-electron chi connectivity index (χ3n) is 6.48. The van der Waals surface area contributed by atoms with Crippen LogP contribution in [0.25, 0.3) is 0 Å². The van der Waals surface area contributed by atoms with Gasteiger partial charge in [-0.2, -0.15) is 5.10 Å². The van der Waals surface area contributed by atoms with Crippen LogP contribution in [-0.4, -0.2) is 52.6 Å². The number of hydrogen-bond acceptors (Lipinski definition) is 8. The fraction of sp³-hybridized carbons (Fsp3) is 0.429. The van der Waals surface area contributed by atoms with Gasteiger partial charge in [0.05, 0.1) is 30.8 Å². The Hall–Kier alpha value is -4.13. The Bertz CT molecular complexity index is 1480. The van der Waals surface area contributed by atoms with Crippen LogP contribution in [0.15, 0.2) is 35.7 Å². The quantitative estimate of drug-likeness (QED) is 0.396. The maximum Gasteiger partial charge on any atom is 0.333 e. The molecule has 0 spiro atoms. The standard InChI is InChI=1S/C24H25N7O5S.2C2H6/c1-14-9-26-20(11-25-14)23(33)27-12-21(32)31-13-17(10-28-31)37(35,36)30-24(34)29-22-18-6-2-4-15(18)8-16-5-3-7-19(16)22;2*1-2/h8-11,13H,2-7,12H2,1H3,(H,27,33)(H2,29,30,34);2*1-2H3. The van der Waals surface area contributed by atoms with Gasteiger partial charge in [-0.25, -0.2) is 27.6 Å². The molecule has 0 aliphatic heterocycles. The van der Waals surface area contributed by atoms with E-state index < -0.39 is 34.4 Å². The Morgan fingerprint density at radius 3 is 2.12 bits per heavy atom. The molecule has 3 amide bonds. The van der Waals surface area contributed by atoms with Crippen molar-refractivity contribution < 1.29 is 22.8 Å². The van der Waals surface area contributed by atoms with Crippen LogP contribution < -0.4 is 15.4 Å². The smallest absolute Gasteiger partial charge is 0.333 e. The lowest BCUT2D eigenvalue weighted by Gasteiger charge is -2.16. The van der Waals surface area contributed by atoms with Crippen LogP contribution in [0.5, 0.6) is 0 Å². The molecular formula is C28H37N7O5S. The number of sulfonamides is 1. The number of fused-ring (bicyclic) bond motifs is 2. The number of aryl methyl sites for hydroxylation is 3. The minimum absolute atomic E-state index is 0.0343. The summed E-state index contributed by atoms with van der Waals surface area (Å²) in [4.78, 5) is 44.8. The fourth-order valence-electron chi connectivity index (χ4n) is 4.71. The van der Waals surface area contributed by atoms with E-state index >= 15 is 0 Å². The zero-order valence-corrected chi connectivity index (χ0v) is 24.9. The normalized spacial score (nSPS) is 13.0. The molecule has 2 aromatic heterocycles. The highest BCUT2D eigenvalue weighted by Gasteiger charge is 2.27. The van der Waals surface area contributed by atoms with Gasteiger partial charge in [0.2, 0.25) is 0 Å². The van der Waals surface area contributed by atoms with Crippen molar-refractivity contribution >= 4 is 33.6 Å². The van der Waals surface area contributed by atoms with Crippen LogP contribution in [0, 0.1) is 6.92 Å². The van der Waals surface area contributed by atoms with E-state index in [-0.39, 0.29) is 10.6 Å². The first-order chi connectivity index (χ1) is 19.7. The summed E-state index contributed by atoms with van der Waals surface area (Å²) >= 11 is 0. The third kappa shape index (κ3) is 7.34. The SMILES string of the molecule is CC.CC.Cc1cnc(C(=O)NCC(=O)n2cc(S(=O)(=O)NC(=O)Nc3c4c(cc5c3CCC5)CCC4)cn2)cn1. The molecule has 0 unspecified atom stereocenters. The zero-order chi connectivity index (χ0) is 30.2. The number of nitrogens with one attached hydrogen (secondary N) is 3. The number of urea groups is 1. The highest BCUT2D eigenvalue weighted by atomic mass is 32.2. The molecule has 1 aromatic carbocycles. The molecule has 12 nitrogen and oxygen atoms in total. The van der Waals surface area contributed by atoms with Gasteiger partial charge in [0.25, 0.3) is 21.8 Å². The van der Waals surface area contributed by atoms with Crippen molar-refractivity contribution in [3.05, 3.63) is 64.5 Å². The van der Waals surface area contributed by atoms with Crippen molar-refractivity contribution in [1.29, 1.82) is 0 Å². The number of anilines is 1. The second-order valence-electron chi connectivity index (χ2n) is 9.03. The van der Waals surface area contributed by atoms with Gasteiger partial charge in [-0.3, -0.25) is 14.6 Å². The van der Waals surface area contributed by atoms with Crippen LogP contribution in [0.3, 0.4) is 0 Å². The highest BCUT2D eigenvalue weighted by Crippen LogP contribution is 2.38. The number of aromatic nitrogens is 4. The van der Waals surface area contributed by atoms with E-state index in [1.807, 2.05) is 32.4 Å². The van der Waals surface area contributed by atoms with Gasteiger partial charge in [-0.1, -0.05) is 33.8 Å². The Balaban J connectivity index is 0.00000111. The topological polar surface area (TPSA) is 165 Å². The van der Waals surface area contributed by atoms with Gasteiger partial charge in [0.1, 0.15) is 10.6 Å². The second kappa shape index (κ2) is 14.0. The summed E-state index contributed by atoms with van der Waals surface area (Å²) in [6, 6.07) is 1.34. The number of rotatable bonds is 6. The van der Waals surface area contributed by atoms with E-state index in [1.54, 1.807) is 6.92 Å². The molecule has 0 saturated carbocycles. The largest absolute Gasteiger partial charge is 0.341 e. The van der Waals surface area contributed by atoms with E-state index in [1.165, 1.54) is 23.5 Å². The van der Waals surface area contributed by atoms with Crippen molar-refractivity contribution in [1.82, 2.24) is 29.8 Å². The lowest BCUT2D eigenvalue weighted by Crippen LogP contribution is -2.35. The Morgan fingerprint density at radius 2 is 1.54 bits per heavy atom. The summed E-state index contributed by atoms with van der Waals surface area (Å²) in [7, 11) is -4.30. The van der Waals surface area contributed by atoms with E-state index in [0.29, 0.717) is 5.69 Å². The van der Waals surface area contributed by atoms with Crippen LogP contribution in [0.2, 0.25) is 0 Å². The molecule has 5 rings (SSSR count). The first-order valence-electron chi connectivity index (χ1n) is 13.9. The number of hydrogen-bond donors (Lipinski definition) is 3. The molecule has 0 radical (unpaired) electrons. The van der Waals surface area contributed by atoms with Crippen LogP contribution in [0.1, 0.15) is 83.8 Å². The van der Waals surface area contributed by atoms with Crippen molar-refractivity contribution in [2.24, 2.45) is 0 Å². The summed E-state index contributed by atoms with van der Waals surface area (Å²) in [5.74, 6) is -1.30. The summed E-state index contributed by atoms with van der Waals surface area (Å²) in [5.41, 5.74) is 5.95. The van der Waals surface area contributed by atoms with Gasteiger partial charge in [0, 0.05) is 11.9 Å². The van der Waals surface area contributed by atoms with Gasteiger partial charge in [-0.05, 0) is 67.7 Å². The van der Waals surface area contributed by atoms with E-state index in [9.17, 15) is 22.8 Å². The highest BCUT2D eigenvalue weighted by molar-refractivity contribution is 7.90. The summed E-state index contributed by atoms with van der Waals surface area (Å²) in [6.07, 6.45) is 10.2. The molecule has 13 heteroatoms. The van der Waals surface area contributed by atoms with Gasteiger partial charge >= 0.3 is 6.03 Å². The molecule has 3 aromatic rings. The number of carbonyl (C=O) groups is 3. The monoisotopic (exact) mass is 583 g/mol. The maximum absolute atomic E-state index is 12.8. The molecule has 0 bridgehead atoms. The summed E-state index contributed by atoms with van der Waals surface area (Å²) in [5, 5.41) is 8.92. The lowest BCUT2D eigenvalue weighted by molar-refractivity contribution is 0.0848. The van der Waals surface area contributed by atoms with Gasteiger partial charge in [-0.15, -0.1) is 0 Å². The molecule has 41 heavy (non-hydrogen) atoms. The van der Waals surface area contributed by atoms with Crippen LogP contribution in [-0.2, 0) is 35.7 Å². The number of carbonyl (C=O) groups excluding carboxylic acids is 3. The Kier molecular flexibility index (Phi) is 10.7. The fourth-order valence-corrected chi connectivity index (χ4v) is 5.54. The minimum Gasteiger partial charge on any atom is -0.341 e. The predicted octanol–water partition coefficient (Wildman–Crippen LogP) is 3.59. The minimum atomic E-state index is -4.30. The average molecular weight is 584 g/mol. The molecular weight excluding hydrogens is 546 g/mol. The molecule has 2 heterocycles. The van der Waals surface area contributed by atoms with Crippen molar-refractivity contribution in [2.45, 2.75) is 78.0 Å². The van der Waals surface area contributed by atoms with Crippen molar-refractivity contribution in [2.75, 3.05) is 11.9 Å². The second-order valence-corrected chi connectivity index (χ2v) is 10.7.